The number of hydrogen-bond acceptors (Lipinski definition) is 2. The van der Waals surface area contributed by atoms with E-state index < -0.39 is 53.1 Å². The predicted molar refractivity (Wildman–Crippen MR) is 61.8 cm³/mol. The molecule has 1 aromatic rings. The fraction of sp³-hybridized carbons (Fsp3) is 0.462. The van der Waals surface area contributed by atoms with Gasteiger partial charge in [0.1, 0.15) is 0 Å². The first-order valence-electron chi connectivity index (χ1n) is 6.19. The minimum absolute atomic E-state index is 0.00397. The van der Waals surface area contributed by atoms with Gasteiger partial charge in [0.2, 0.25) is 5.82 Å². The standard InChI is InChI=1S/C13H12F5NO2/c1-5-2-19(3-6(5)13(20)21)4-7-8(14)10(16)12(18)11(17)9(7)15/h5-6H,2-4H2,1H3,(H,20,21). The maximum atomic E-state index is 13.5. The molecule has 116 valence electrons. The normalized spacial score (nSPS) is 22.8. The van der Waals surface area contributed by atoms with Gasteiger partial charge in [0.15, 0.2) is 23.3 Å². The molecule has 0 saturated carbocycles. The molecule has 1 fully saturated rings. The highest BCUT2D eigenvalue weighted by Crippen LogP contribution is 2.28. The van der Waals surface area contributed by atoms with Gasteiger partial charge in [-0.3, -0.25) is 9.69 Å². The second-order valence-electron chi connectivity index (χ2n) is 5.16. The molecular formula is C13H12F5NO2. The average molecular weight is 309 g/mol. The molecule has 0 amide bonds. The number of carbonyl (C=O) groups is 1. The SMILES string of the molecule is CC1CN(Cc2c(F)c(F)c(F)c(F)c2F)CC1C(=O)O. The van der Waals surface area contributed by atoms with Crippen LogP contribution in [0.3, 0.4) is 0 Å². The van der Waals surface area contributed by atoms with Gasteiger partial charge in [0, 0.05) is 25.2 Å². The monoisotopic (exact) mass is 309 g/mol. The number of likely N-dealkylation sites (tertiary alicyclic amines) is 1. The zero-order chi connectivity index (χ0) is 15.9. The highest BCUT2D eigenvalue weighted by Gasteiger charge is 2.36. The summed E-state index contributed by atoms with van der Waals surface area (Å²) in [5.74, 6) is -12.0. The van der Waals surface area contributed by atoms with Gasteiger partial charge < -0.3 is 5.11 Å². The number of rotatable bonds is 3. The van der Waals surface area contributed by atoms with Crippen molar-refractivity contribution in [1.29, 1.82) is 0 Å². The van der Waals surface area contributed by atoms with Crippen molar-refractivity contribution in [2.75, 3.05) is 13.1 Å². The van der Waals surface area contributed by atoms with Gasteiger partial charge in [-0.25, -0.2) is 22.0 Å². The first-order valence-corrected chi connectivity index (χ1v) is 6.19. The van der Waals surface area contributed by atoms with E-state index in [-0.39, 0.29) is 19.0 Å². The quantitative estimate of drug-likeness (QED) is 0.530. The molecule has 0 radical (unpaired) electrons. The third kappa shape index (κ3) is 2.72. The van der Waals surface area contributed by atoms with Crippen molar-refractivity contribution in [3.05, 3.63) is 34.6 Å². The van der Waals surface area contributed by atoms with E-state index in [2.05, 4.69) is 0 Å². The van der Waals surface area contributed by atoms with Crippen LogP contribution in [0.1, 0.15) is 12.5 Å². The molecule has 0 aliphatic carbocycles. The van der Waals surface area contributed by atoms with E-state index in [1.165, 1.54) is 4.90 Å². The van der Waals surface area contributed by atoms with Gasteiger partial charge in [-0.1, -0.05) is 6.92 Å². The van der Waals surface area contributed by atoms with Crippen LogP contribution in [0.15, 0.2) is 0 Å². The summed E-state index contributed by atoms with van der Waals surface area (Å²) in [7, 11) is 0. The van der Waals surface area contributed by atoms with E-state index >= 15 is 0 Å². The van der Waals surface area contributed by atoms with Gasteiger partial charge in [-0.05, 0) is 5.92 Å². The number of halogens is 5. The van der Waals surface area contributed by atoms with Crippen LogP contribution in [0.2, 0.25) is 0 Å². The Balaban J connectivity index is 2.28. The summed E-state index contributed by atoms with van der Waals surface area (Å²) in [6.45, 7) is 1.32. The zero-order valence-electron chi connectivity index (χ0n) is 11.0. The molecule has 1 aromatic carbocycles. The second kappa shape index (κ2) is 5.59. The van der Waals surface area contributed by atoms with Gasteiger partial charge in [-0.2, -0.15) is 0 Å². The Morgan fingerprint density at radius 2 is 1.52 bits per heavy atom. The van der Waals surface area contributed by atoms with Crippen LogP contribution in [0.5, 0.6) is 0 Å². The lowest BCUT2D eigenvalue weighted by Crippen LogP contribution is -2.24. The average Bonchev–Trinajstić information content (AvgIpc) is 2.80. The summed E-state index contributed by atoms with van der Waals surface area (Å²) >= 11 is 0. The largest absolute Gasteiger partial charge is 0.481 e. The second-order valence-corrected chi connectivity index (χ2v) is 5.16. The molecule has 1 saturated heterocycles. The lowest BCUT2D eigenvalue weighted by atomic mass is 9.99. The summed E-state index contributed by atoms with van der Waals surface area (Å²) in [5.41, 5.74) is -0.940. The van der Waals surface area contributed by atoms with Crippen LogP contribution in [0, 0.1) is 40.9 Å². The number of aliphatic carboxylic acids is 1. The van der Waals surface area contributed by atoms with E-state index in [1.54, 1.807) is 6.92 Å². The molecule has 1 heterocycles. The highest BCUT2D eigenvalue weighted by atomic mass is 19.2. The first kappa shape index (κ1) is 15.7. The van der Waals surface area contributed by atoms with Crippen molar-refractivity contribution in [2.24, 2.45) is 11.8 Å². The zero-order valence-corrected chi connectivity index (χ0v) is 11.0. The molecule has 21 heavy (non-hydrogen) atoms. The van der Waals surface area contributed by atoms with Crippen LogP contribution in [-0.2, 0) is 11.3 Å². The molecule has 3 nitrogen and oxygen atoms in total. The first-order chi connectivity index (χ1) is 9.73. The Morgan fingerprint density at radius 1 is 1.05 bits per heavy atom. The fourth-order valence-electron chi connectivity index (χ4n) is 2.53. The van der Waals surface area contributed by atoms with E-state index in [0.29, 0.717) is 0 Å². The number of benzene rings is 1. The van der Waals surface area contributed by atoms with Gasteiger partial charge in [0.25, 0.3) is 0 Å². The number of hydrogen-bond donors (Lipinski definition) is 1. The molecule has 0 aromatic heterocycles. The fourth-order valence-corrected chi connectivity index (χ4v) is 2.53. The summed E-state index contributed by atoms with van der Waals surface area (Å²) in [5, 5.41) is 8.96. The number of nitrogens with zero attached hydrogens (tertiary/aromatic N) is 1. The van der Waals surface area contributed by atoms with Crippen LogP contribution in [0.25, 0.3) is 0 Å². The molecule has 2 unspecified atom stereocenters. The molecule has 0 spiro atoms. The van der Waals surface area contributed by atoms with E-state index in [4.69, 9.17) is 5.11 Å². The van der Waals surface area contributed by atoms with E-state index in [9.17, 15) is 26.7 Å². The van der Waals surface area contributed by atoms with Crippen molar-refractivity contribution in [2.45, 2.75) is 13.5 Å². The highest BCUT2D eigenvalue weighted by molar-refractivity contribution is 5.71. The molecule has 1 aliphatic heterocycles. The van der Waals surface area contributed by atoms with Crippen molar-refractivity contribution in [3.8, 4) is 0 Å². The van der Waals surface area contributed by atoms with Crippen molar-refractivity contribution in [1.82, 2.24) is 4.90 Å². The minimum atomic E-state index is -2.20. The maximum absolute atomic E-state index is 13.5. The topological polar surface area (TPSA) is 40.5 Å². The van der Waals surface area contributed by atoms with Crippen LogP contribution in [-0.4, -0.2) is 29.1 Å². The Bertz CT molecular complexity index is 563. The smallest absolute Gasteiger partial charge is 0.308 e. The molecule has 1 aliphatic rings. The lowest BCUT2D eigenvalue weighted by Gasteiger charge is -2.17. The number of carboxylic acids is 1. The third-order valence-corrected chi connectivity index (χ3v) is 3.69. The summed E-state index contributed by atoms with van der Waals surface area (Å²) in [6.07, 6.45) is 0. The van der Waals surface area contributed by atoms with Crippen LogP contribution >= 0.6 is 0 Å². The van der Waals surface area contributed by atoms with Gasteiger partial charge in [-0.15, -0.1) is 0 Å². The molecule has 8 heteroatoms. The Hall–Kier alpha value is -1.70. The van der Waals surface area contributed by atoms with Crippen LogP contribution in [0.4, 0.5) is 22.0 Å². The number of carboxylic acid groups (broad SMARTS) is 1. The van der Waals surface area contributed by atoms with Crippen molar-refractivity contribution < 1.29 is 31.9 Å². The van der Waals surface area contributed by atoms with Crippen LogP contribution < -0.4 is 0 Å². The lowest BCUT2D eigenvalue weighted by molar-refractivity contribution is -0.142. The summed E-state index contributed by atoms with van der Waals surface area (Å²) < 4.78 is 66.2. The maximum Gasteiger partial charge on any atom is 0.308 e. The molecular weight excluding hydrogens is 297 g/mol. The molecule has 0 bridgehead atoms. The Morgan fingerprint density at radius 3 is 1.95 bits per heavy atom. The molecule has 1 N–H and O–H groups in total. The van der Waals surface area contributed by atoms with Crippen molar-refractivity contribution in [3.63, 3.8) is 0 Å². The predicted octanol–water partition coefficient (Wildman–Crippen LogP) is 2.53. The minimum Gasteiger partial charge on any atom is -0.481 e. The third-order valence-electron chi connectivity index (χ3n) is 3.69. The van der Waals surface area contributed by atoms with E-state index in [1.807, 2.05) is 0 Å². The summed E-state index contributed by atoms with van der Waals surface area (Å²) in [6, 6.07) is 0. The van der Waals surface area contributed by atoms with Gasteiger partial charge >= 0.3 is 5.97 Å². The molecule has 2 rings (SSSR count). The molecule has 2 atom stereocenters. The Kier molecular flexibility index (Phi) is 4.18. The summed E-state index contributed by atoms with van der Waals surface area (Å²) in [4.78, 5) is 12.3. The van der Waals surface area contributed by atoms with Gasteiger partial charge in [0.05, 0.1) is 5.92 Å². The van der Waals surface area contributed by atoms with Crippen molar-refractivity contribution >= 4 is 5.97 Å². The Labute approximate surface area is 117 Å². The van der Waals surface area contributed by atoms with E-state index in [0.717, 1.165) is 0 Å².